The highest BCUT2D eigenvalue weighted by Gasteiger charge is 2.08. The van der Waals surface area contributed by atoms with Gasteiger partial charge in [0.05, 0.1) is 18.6 Å². The average molecular weight is 383 g/mol. The van der Waals surface area contributed by atoms with Gasteiger partial charge in [-0.15, -0.1) is 0 Å². The van der Waals surface area contributed by atoms with Crippen molar-refractivity contribution in [2.24, 2.45) is 7.05 Å². The summed E-state index contributed by atoms with van der Waals surface area (Å²) >= 11 is 5.88. The van der Waals surface area contributed by atoms with Gasteiger partial charge in [-0.2, -0.15) is 4.98 Å². The molecular weight excluding hydrogens is 368 g/mol. The van der Waals surface area contributed by atoms with E-state index in [0.29, 0.717) is 40.2 Å². The second-order valence-electron chi connectivity index (χ2n) is 5.83. The van der Waals surface area contributed by atoms with Gasteiger partial charge in [-0.25, -0.2) is 4.98 Å². The highest BCUT2D eigenvalue weighted by molar-refractivity contribution is 6.30. The minimum absolute atomic E-state index is 0.254. The molecule has 3 aromatic heterocycles. The number of H-pyrrole nitrogens is 1. The number of nitrogens with one attached hydrogen (secondary N) is 2. The number of fused-ring (bicyclic) bond motifs is 1. The van der Waals surface area contributed by atoms with Crippen molar-refractivity contribution in [2.75, 3.05) is 5.32 Å². The molecule has 0 spiro atoms. The quantitative estimate of drug-likeness (QED) is 0.550. The molecule has 4 aromatic rings. The van der Waals surface area contributed by atoms with Gasteiger partial charge in [0.15, 0.2) is 11.2 Å². The van der Waals surface area contributed by atoms with Crippen LogP contribution in [-0.2, 0) is 13.6 Å². The van der Waals surface area contributed by atoms with Gasteiger partial charge in [0.25, 0.3) is 5.56 Å². The van der Waals surface area contributed by atoms with E-state index >= 15 is 0 Å². The minimum atomic E-state index is -0.254. The second-order valence-corrected chi connectivity index (χ2v) is 6.27. The van der Waals surface area contributed by atoms with Gasteiger partial charge in [0, 0.05) is 24.3 Å². The number of hydrogen-bond acceptors (Lipinski definition) is 6. The summed E-state index contributed by atoms with van der Waals surface area (Å²) in [6.45, 7) is 0.360. The zero-order chi connectivity index (χ0) is 18.8. The molecule has 0 bridgehead atoms. The van der Waals surface area contributed by atoms with Crippen molar-refractivity contribution in [1.82, 2.24) is 24.5 Å². The largest absolute Gasteiger partial charge is 0.457 e. The summed E-state index contributed by atoms with van der Waals surface area (Å²) in [6.07, 6.45) is 3.20. The molecule has 0 aliphatic heterocycles. The number of imidazole rings is 1. The van der Waals surface area contributed by atoms with Crippen LogP contribution in [0.2, 0.25) is 5.02 Å². The Balaban J connectivity index is 1.48. The SMILES string of the molecule is Cn1cnc2nc(NCc3cc(Oc4ccc(Cl)cc4)ccn3)[nH]c(=O)c21. The van der Waals surface area contributed by atoms with Gasteiger partial charge in [-0.05, 0) is 30.3 Å². The van der Waals surface area contributed by atoms with E-state index in [2.05, 4.69) is 25.3 Å². The Labute approximate surface area is 158 Å². The fourth-order valence-corrected chi connectivity index (χ4v) is 2.70. The van der Waals surface area contributed by atoms with Gasteiger partial charge >= 0.3 is 0 Å². The van der Waals surface area contributed by atoms with Gasteiger partial charge in [0.2, 0.25) is 5.95 Å². The number of pyridine rings is 1. The summed E-state index contributed by atoms with van der Waals surface area (Å²) in [5, 5.41) is 3.70. The first-order valence-corrected chi connectivity index (χ1v) is 8.50. The zero-order valence-corrected chi connectivity index (χ0v) is 15.1. The Hall–Kier alpha value is -3.39. The number of benzene rings is 1. The minimum Gasteiger partial charge on any atom is -0.457 e. The molecule has 0 saturated carbocycles. The van der Waals surface area contributed by atoms with Crippen molar-refractivity contribution < 1.29 is 4.74 Å². The molecule has 0 saturated heterocycles. The first-order chi connectivity index (χ1) is 13.1. The fourth-order valence-electron chi connectivity index (χ4n) is 2.57. The van der Waals surface area contributed by atoms with Crippen LogP contribution in [0.5, 0.6) is 11.5 Å². The molecule has 1 aromatic carbocycles. The average Bonchev–Trinajstić information content (AvgIpc) is 3.04. The smallest absolute Gasteiger partial charge is 0.278 e. The number of aromatic amines is 1. The van der Waals surface area contributed by atoms with Crippen molar-refractivity contribution in [3.63, 3.8) is 0 Å². The summed E-state index contributed by atoms with van der Waals surface area (Å²) in [5.41, 5.74) is 1.29. The number of halogens is 1. The van der Waals surface area contributed by atoms with Crippen LogP contribution in [0, 0.1) is 0 Å². The van der Waals surface area contributed by atoms with Crippen LogP contribution in [0.1, 0.15) is 5.69 Å². The first-order valence-electron chi connectivity index (χ1n) is 8.12. The Bertz CT molecular complexity index is 1150. The van der Waals surface area contributed by atoms with Crippen LogP contribution in [0.15, 0.2) is 53.7 Å². The lowest BCUT2D eigenvalue weighted by Crippen LogP contribution is -2.15. The van der Waals surface area contributed by atoms with Crippen molar-refractivity contribution in [1.29, 1.82) is 0 Å². The monoisotopic (exact) mass is 382 g/mol. The third kappa shape index (κ3) is 3.75. The second kappa shape index (κ2) is 7.08. The maximum absolute atomic E-state index is 12.1. The van der Waals surface area contributed by atoms with Crippen molar-refractivity contribution >= 4 is 28.7 Å². The molecule has 136 valence electrons. The molecule has 0 aliphatic carbocycles. The number of anilines is 1. The Morgan fingerprint density at radius 3 is 2.81 bits per heavy atom. The molecule has 0 unspecified atom stereocenters. The number of rotatable bonds is 5. The zero-order valence-electron chi connectivity index (χ0n) is 14.3. The van der Waals surface area contributed by atoms with Crippen LogP contribution in [0.3, 0.4) is 0 Å². The van der Waals surface area contributed by atoms with Gasteiger partial charge < -0.3 is 14.6 Å². The molecule has 3 heterocycles. The lowest BCUT2D eigenvalue weighted by atomic mass is 10.3. The maximum Gasteiger partial charge on any atom is 0.278 e. The Morgan fingerprint density at radius 2 is 2.00 bits per heavy atom. The molecular formula is C18H15ClN6O2. The number of ether oxygens (including phenoxy) is 1. The van der Waals surface area contributed by atoms with E-state index in [4.69, 9.17) is 16.3 Å². The van der Waals surface area contributed by atoms with Crippen LogP contribution in [-0.4, -0.2) is 24.5 Å². The van der Waals surface area contributed by atoms with E-state index in [9.17, 15) is 4.79 Å². The molecule has 8 nitrogen and oxygen atoms in total. The molecule has 0 aliphatic rings. The number of hydrogen-bond donors (Lipinski definition) is 2. The number of nitrogens with zero attached hydrogens (tertiary/aromatic N) is 4. The standard InChI is InChI=1S/C18H15ClN6O2/c1-25-10-22-16-15(25)17(26)24-18(23-16)21-9-12-8-14(6-7-20-12)27-13-4-2-11(19)3-5-13/h2-8,10H,9H2,1H3,(H2,21,23,24,26). The van der Waals surface area contributed by atoms with Crippen molar-refractivity contribution in [3.8, 4) is 11.5 Å². The predicted octanol–water partition coefficient (Wildman–Crippen LogP) is 3.11. The summed E-state index contributed by atoms with van der Waals surface area (Å²) < 4.78 is 7.42. The molecule has 0 fully saturated rings. The van der Waals surface area contributed by atoms with E-state index in [1.165, 1.54) is 0 Å². The first kappa shape index (κ1) is 17.0. The fraction of sp³-hybridized carbons (Fsp3) is 0.111. The van der Waals surface area contributed by atoms with Gasteiger partial charge in [-0.1, -0.05) is 11.6 Å². The predicted molar refractivity (Wildman–Crippen MR) is 102 cm³/mol. The van der Waals surface area contributed by atoms with Crippen LogP contribution in [0.4, 0.5) is 5.95 Å². The number of aromatic nitrogens is 5. The molecule has 0 amide bonds. The summed E-state index contributed by atoms with van der Waals surface area (Å²) in [7, 11) is 1.75. The molecule has 2 N–H and O–H groups in total. The third-order valence-corrected chi connectivity index (χ3v) is 4.11. The molecule has 0 atom stereocenters. The lowest BCUT2D eigenvalue weighted by Gasteiger charge is -2.08. The van der Waals surface area contributed by atoms with Crippen LogP contribution in [0.25, 0.3) is 11.2 Å². The van der Waals surface area contributed by atoms with E-state index in [0.717, 1.165) is 5.69 Å². The normalized spacial score (nSPS) is 10.9. The highest BCUT2D eigenvalue weighted by Crippen LogP contribution is 2.23. The maximum atomic E-state index is 12.1. The molecule has 0 radical (unpaired) electrons. The molecule has 4 rings (SSSR count). The van der Waals surface area contributed by atoms with E-state index in [-0.39, 0.29) is 5.56 Å². The van der Waals surface area contributed by atoms with Crippen LogP contribution < -0.4 is 15.6 Å². The molecule has 9 heteroatoms. The van der Waals surface area contributed by atoms with Crippen molar-refractivity contribution in [2.45, 2.75) is 6.54 Å². The highest BCUT2D eigenvalue weighted by atomic mass is 35.5. The molecule has 27 heavy (non-hydrogen) atoms. The van der Waals surface area contributed by atoms with E-state index < -0.39 is 0 Å². The van der Waals surface area contributed by atoms with Crippen molar-refractivity contribution in [3.05, 3.63) is 70.0 Å². The third-order valence-electron chi connectivity index (χ3n) is 3.86. The topological polar surface area (TPSA) is 97.7 Å². The lowest BCUT2D eigenvalue weighted by molar-refractivity contribution is 0.481. The van der Waals surface area contributed by atoms with Gasteiger partial charge in [-0.3, -0.25) is 14.8 Å². The summed E-state index contributed by atoms with van der Waals surface area (Å²) in [6, 6.07) is 10.7. The summed E-state index contributed by atoms with van der Waals surface area (Å²) in [4.78, 5) is 27.5. The Morgan fingerprint density at radius 1 is 1.19 bits per heavy atom. The number of aryl methyl sites for hydroxylation is 1. The van der Waals surface area contributed by atoms with E-state index in [1.54, 1.807) is 60.5 Å². The Kier molecular flexibility index (Phi) is 4.47. The van der Waals surface area contributed by atoms with Gasteiger partial charge in [0.1, 0.15) is 11.5 Å². The van der Waals surface area contributed by atoms with E-state index in [1.807, 2.05) is 0 Å². The summed E-state index contributed by atoms with van der Waals surface area (Å²) in [5.74, 6) is 1.65. The van der Waals surface area contributed by atoms with Crippen LogP contribution >= 0.6 is 11.6 Å².